The number of benzene rings is 1. The van der Waals surface area contributed by atoms with Crippen molar-refractivity contribution in [3.8, 4) is 0 Å². The summed E-state index contributed by atoms with van der Waals surface area (Å²) in [5, 5.41) is 12.4. The van der Waals surface area contributed by atoms with Crippen LogP contribution in [0.15, 0.2) is 23.1 Å². The third kappa shape index (κ3) is 4.23. The van der Waals surface area contributed by atoms with Crippen molar-refractivity contribution in [1.29, 1.82) is 0 Å². The second-order valence-electron chi connectivity index (χ2n) is 4.68. The fourth-order valence-electron chi connectivity index (χ4n) is 1.71. The Morgan fingerprint density at radius 1 is 1.44 bits per heavy atom. The zero-order valence-electron chi connectivity index (χ0n) is 10.8. The Balaban J connectivity index is 2.70. The average Bonchev–Trinajstić information content (AvgIpc) is 2.33. The van der Waals surface area contributed by atoms with Gasteiger partial charge in [-0.2, -0.15) is 0 Å². The molecule has 2 atom stereocenters. The van der Waals surface area contributed by atoms with Gasteiger partial charge in [0.1, 0.15) is 11.6 Å². The van der Waals surface area contributed by atoms with E-state index >= 15 is 0 Å². The number of nitrogens with one attached hydrogen (secondary N) is 1. The molecule has 0 aliphatic carbocycles. The Morgan fingerprint density at radius 3 is 2.67 bits per heavy atom. The Kier molecular flexibility index (Phi) is 5.56. The first-order valence-electron chi connectivity index (χ1n) is 5.81. The van der Waals surface area contributed by atoms with E-state index in [-0.39, 0.29) is 11.9 Å². The second kappa shape index (κ2) is 6.50. The summed E-state index contributed by atoms with van der Waals surface area (Å²) in [6.45, 7) is 3.83. The summed E-state index contributed by atoms with van der Waals surface area (Å²) in [6, 6.07) is 3.44. The fourth-order valence-corrected chi connectivity index (χ4v) is 2.95. The van der Waals surface area contributed by atoms with Gasteiger partial charge in [0.05, 0.1) is 6.61 Å². The quantitative estimate of drug-likeness (QED) is 0.783. The minimum Gasteiger partial charge on any atom is -0.394 e. The van der Waals surface area contributed by atoms with E-state index in [0.29, 0.717) is 11.3 Å². The van der Waals surface area contributed by atoms with Crippen LogP contribution in [0.2, 0.25) is 0 Å². The molecule has 0 amide bonds. The van der Waals surface area contributed by atoms with Crippen LogP contribution < -0.4 is 5.32 Å². The number of thioether (sulfide) groups is 1. The smallest absolute Gasteiger partial charge is 0.136 e. The third-order valence-corrected chi connectivity index (χ3v) is 4.05. The summed E-state index contributed by atoms with van der Waals surface area (Å²) in [4.78, 5) is 0.305. The molecule has 0 heterocycles. The maximum Gasteiger partial charge on any atom is 0.136 e. The highest BCUT2D eigenvalue weighted by Gasteiger charge is 2.24. The van der Waals surface area contributed by atoms with E-state index in [1.165, 1.54) is 17.8 Å². The molecule has 102 valence electrons. The second-order valence-corrected chi connectivity index (χ2v) is 6.16. The van der Waals surface area contributed by atoms with Gasteiger partial charge in [0.25, 0.3) is 0 Å². The molecule has 2 unspecified atom stereocenters. The molecule has 0 radical (unpaired) electrons. The average molecular weight is 275 g/mol. The largest absolute Gasteiger partial charge is 0.394 e. The van der Waals surface area contributed by atoms with Crippen LogP contribution in [-0.2, 0) is 0 Å². The van der Waals surface area contributed by atoms with Gasteiger partial charge in [-0.05, 0) is 38.6 Å². The van der Waals surface area contributed by atoms with Crippen LogP contribution in [0.1, 0.15) is 20.3 Å². The van der Waals surface area contributed by atoms with Gasteiger partial charge in [0.2, 0.25) is 0 Å². The molecule has 1 rings (SSSR count). The molecule has 1 aromatic rings. The van der Waals surface area contributed by atoms with E-state index < -0.39 is 17.2 Å². The van der Waals surface area contributed by atoms with Crippen molar-refractivity contribution < 1.29 is 13.9 Å². The van der Waals surface area contributed by atoms with Crippen LogP contribution in [0.3, 0.4) is 0 Å². The van der Waals surface area contributed by atoms with Crippen molar-refractivity contribution in [2.75, 3.05) is 13.7 Å². The number of halogens is 2. The van der Waals surface area contributed by atoms with Gasteiger partial charge < -0.3 is 10.4 Å². The molecule has 0 fully saturated rings. The fraction of sp³-hybridized carbons (Fsp3) is 0.538. The lowest BCUT2D eigenvalue weighted by molar-refractivity contribution is 0.174. The monoisotopic (exact) mass is 275 g/mol. The minimum atomic E-state index is -0.440. The molecule has 2 N–H and O–H groups in total. The number of hydrogen-bond acceptors (Lipinski definition) is 3. The standard InChI is InChI=1S/C13H19F2NOS/c1-9(7-13(2,8-17)16-3)18-12-6-10(14)4-5-11(12)15/h4-6,9,16-17H,7-8H2,1-3H3. The van der Waals surface area contributed by atoms with Gasteiger partial charge >= 0.3 is 0 Å². The van der Waals surface area contributed by atoms with Crippen molar-refractivity contribution >= 4 is 11.8 Å². The van der Waals surface area contributed by atoms with E-state index in [1.807, 2.05) is 13.8 Å². The van der Waals surface area contributed by atoms with Crippen LogP contribution in [0.5, 0.6) is 0 Å². The minimum absolute atomic E-state index is 0.0000327. The van der Waals surface area contributed by atoms with Crippen molar-refractivity contribution in [1.82, 2.24) is 5.32 Å². The summed E-state index contributed by atoms with van der Waals surface area (Å²) in [7, 11) is 1.77. The van der Waals surface area contributed by atoms with Crippen molar-refractivity contribution in [2.45, 2.75) is 36.0 Å². The predicted molar refractivity (Wildman–Crippen MR) is 70.8 cm³/mol. The zero-order valence-corrected chi connectivity index (χ0v) is 11.7. The van der Waals surface area contributed by atoms with E-state index in [9.17, 15) is 13.9 Å². The molecule has 0 saturated heterocycles. The molecule has 0 bridgehead atoms. The maximum absolute atomic E-state index is 13.5. The molecule has 0 spiro atoms. The van der Waals surface area contributed by atoms with Crippen LogP contribution in [-0.4, -0.2) is 29.5 Å². The first kappa shape index (κ1) is 15.4. The summed E-state index contributed by atoms with van der Waals surface area (Å²) >= 11 is 1.28. The van der Waals surface area contributed by atoms with Crippen molar-refractivity contribution in [3.05, 3.63) is 29.8 Å². The van der Waals surface area contributed by atoms with Crippen molar-refractivity contribution in [2.24, 2.45) is 0 Å². The Labute approximate surface area is 111 Å². The van der Waals surface area contributed by atoms with E-state index in [0.717, 1.165) is 12.1 Å². The number of likely N-dealkylation sites (N-methyl/N-ethyl adjacent to an activating group) is 1. The summed E-state index contributed by atoms with van der Waals surface area (Å²) < 4.78 is 26.5. The number of rotatable bonds is 6. The van der Waals surface area contributed by atoms with Crippen LogP contribution in [0.4, 0.5) is 8.78 Å². The van der Waals surface area contributed by atoms with E-state index in [4.69, 9.17) is 0 Å². The summed E-state index contributed by atoms with van der Waals surface area (Å²) in [5.74, 6) is -0.854. The van der Waals surface area contributed by atoms with Gasteiger partial charge in [-0.25, -0.2) is 8.78 Å². The molecular weight excluding hydrogens is 256 g/mol. The predicted octanol–water partition coefficient (Wildman–Crippen LogP) is 2.81. The SMILES string of the molecule is CNC(C)(CO)CC(C)Sc1cc(F)ccc1F. The molecule has 18 heavy (non-hydrogen) atoms. The van der Waals surface area contributed by atoms with Gasteiger partial charge in [0.15, 0.2) is 0 Å². The molecule has 1 aromatic carbocycles. The lowest BCUT2D eigenvalue weighted by atomic mass is 9.97. The molecular formula is C13H19F2NOS. The third-order valence-electron chi connectivity index (χ3n) is 2.91. The van der Waals surface area contributed by atoms with E-state index in [1.54, 1.807) is 7.05 Å². The Morgan fingerprint density at radius 2 is 2.11 bits per heavy atom. The molecule has 5 heteroatoms. The lowest BCUT2D eigenvalue weighted by Gasteiger charge is -2.29. The number of aliphatic hydroxyl groups excluding tert-OH is 1. The molecule has 0 aliphatic rings. The molecule has 0 saturated carbocycles. The first-order chi connectivity index (χ1) is 8.40. The van der Waals surface area contributed by atoms with Gasteiger partial charge in [0, 0.05) is 15.7 Å². The number of hydrogen-bond donors (Lipinski definition) is 2. The Hall–Kier alpha value is -0.650. The molecule has 0 aliphatic heterocycles. The molecule has 0 aromatic heterocycles. The zero-order chi connectivity index (χ0) is 13.8. The first-order valence-corrected chi connectivity index (χ1v) is 6.69. The maximum atomic E-state index is 13.5. The highest BCUT2D eigenvalue weighted by Crippen LogP contribution is 2.30. The van der Waals surface area contributed by atoms with Crippen LogP contribution in [0.25, 0.3) is 0 Å². The highest BCUT2D eigenvalue weighted by molar-refractivity contribution is 8.00. The van der Waals surface area contributed by atoms with Crippen LogP contribution >= 0.6 is 11.8 Å². The van der Waals surface area contributed by atoms with Gasteiger partial charge in [-0.15, -0.1) is 11.8 Å². The van der Waals surface area contributed by atoms with E-state index in [2.05, 4.69) is 5.32 Å². The summed E-state index contributed by atoms with van der Waals surface area (Å²) in [5.41, 5.74) is -0.407. The highest BCUT2D eigenvalue weighted by atomic mass is 32.2. The topological polar surface area (TPSA) is 32.3 Å². The lowest BCUT2D eigenvalue weighted by Crippen LogP contribution is -2.45. The number of aliphatic hydroxyl groups is 1. The Bertz CT molecular complexity index is 397. The van der Waals surface area contributed by atoms with Gasteiger partial charge in [-0.3, -0.25) is 0 Å². The van der Waals surface area contributed by atoms with Crippen molar-refractivity contribution in [3.63, 3.8) is 0 Å². The van der Waals surface area contributed by atoms with Gasteiger partial charge in [-0.1, -0.05) is 6.92 Å². The normalized spacial score (nSPS) is 16.3. The molecule has 2 nitrogen and oxygen atoms in total. The van der Waals surface area contributed by atoms with Crippen LogP contribution in [0, 0.1) is 11.6 Å². The summed E-state index contributed by atoms with van der Waals surface area (Å²) in [6.07, 6.45) is 0.653.